The van der Waals surface area contributed by atoms with Gasteiger partial charge < -0.3 is 4.74 Å². The summed E-state index contributed by atoms with van der Waals surface area (Å²) in [6, 6.07) is 6.19. The first-order valence-corrected chi connectivity index (χ1v) is 5.96. The molecule has 4 nitrogen and oxygen atoms in total. The molecule has 0 aliphatic carbocycles. The van der Waals surface area contributed by atoms with E-state index in [2.05, 4.69) is 4.74 Å². The highest BCUT2D eigenvalue weighted by Crippen LogP contribution is 2.13. The third-order valence-corrected chi connectivity index (χ3v) is 2.76. The fourth-order valence-electron chi connectivity index (χ4n) is 1.69. The number of halogens is 1. The van der Waals surface area contributed by atoms with Crippen LogP contribution in [0.3, 0.4) is 0 Å². The molecule has 0 bridgehead atoms. The molecular weight excluding hydrogens is 247 g/mol. The molecule has 0 aromatic heterocycles. The van der Waals surface area contributed by atoms with Gasteiger partial charge in [0.25, 0.3) is 0 Å². The Balaban J connectivity index is 2.88. The molecule has 0 spiro atoms. The number of hydrogen-bond acceptors (Lipinski definition) is 4. The molecule has 0 aliphatic heterocycles. The van der Waals surface area contributed by atoms with Gasteiger partial charge in [-0.2, -0.15) is 5.26 Å². The second-order valence-corrected chi connectivity index (χ2v) is 4.53. The van der Waals surface area contributed by atoms with Crippen LogP contribution < -0.4 is 0 Å². The third-order valence-electron chi connectivity index (χ3n) is 2.76. The number of carbonyl (C=O) groups excluding carboxylic acids is 1. The van der Waals surface area contributed by atoms with Gasteiger partial charge in [0, 0.05) is 12.6 Å². The van der Waals surface area contributed by atoms with Crippen molar-refractivity contribution in [3.05, 3.63) is 35.1 Å². The van der Waals surface area contributed by atoms with E-state index < -0.39 is 5.82 Å². The van der Waals surface area contributed by atoms with Crippen molar-refractivity contribution in [2.45, 2.75) is 26.4 Å². The highest BCUT2D eigenvalue weighted by molar-refractivity contribution is 5.71. The minimum absolute atomic E-state index is 0.105. The molecule has 1 aromatic rings. The van der Waals surface area contributed by atoms with E-state index in [0.29, 0.717) is 12.1 Å². The van der Waals surface area contributed by atoms with Gasteiger partial charge in [-0.05, 0) is 37.6 Å². The van der Waals surface area contributed by atoms with E-state index >= 15 is 0 Å². The SMILES string of the molecule is COC(=O)CN(Cc1cc(F)cc(C#N)c1)C(C)C. The summed E-state index contributed by atoms with van der Waals surface area (Å²) in [5.74, 6) is -0.790. The number of nitriles is 1. The van der Waals surface area contributed by atoms with E-state index in [0.717, 1.165) is 0 Å². The third kappa shape index (κ3) is 4.68. The van der Waals surface area contributed by atoms with E-state index in [-0.39, 0.29) is 24.1 Å². The number of hydrogen-bond donors (Lipinski definition) is 0. The molecule has 102 valence electrons. The number of rotatable bonds is 5. The first kappa shape index (κ1) is 15.1. The van der Waals surface area contributed by atoms with Crippen molar-refractivity contribution in [1.29, 1.82) is 5.26 Å². The van der Waals surface area contributed by atoms with Crippen LogP contribution in [0.1, 0.15) is 25.0 Å². The summed E-state index contributed by atoms with van der Waals surface area (Å²) in [5, 5.41) is 8.81. The van der Waals surface area contributed by atoms with Crippen molar-refractivity contribution in [2.75, 3.05) is 13.7 Å². The monoisotopic (exact) mass is 264 g/mol. The maximum atomic E-state index is 13.3. The maximum Gasteiger partial charge on any atom is 0.319 e. The molecular formula is C14H17FN2O2. The summed E-state index contributed by atoms with van der Waals surface area (Å²) in [6.45, 7) is 4.40. The topological polar surface area (TPSA) is 53.3 Å². The molecule has 19 heavy (non-hydrogen) atoms. The average Bonchev–Trinajstić information content (AvgIpc) is 2.36. The summed E-state index contributed by atoms with van der Waals surface area (Å²) in [5.41, 5.74) is 0.936. The van der Waals surface area contributed by atoms with Crippen LogP contribution in [0.5, 0.6) is 0 Å². The molecule has 0 amide bonds. The Morgan fingerprint density at radius 3 is 2.68 bits per heavy atom. The lowest BCUT2D eigenvalue weighted by molar-refractivity contribution is -0.142. The van der Waals surface area contributed by atoms with Crippen LogP contribution in [0.15, 0.2) is 18.2 Å². The van der Waals surface area contributed by atoms with Crippen LogP contribution in [0.4, 0.5) is 4.39 Å². The lowest BCUT2D eigenvalue weighted by Gasteiger charge is -2.25. The highest BCUT2D eigenvalue weighted by Gasteiger charge is 2.15. The van der Waals surface area contributed by atoms with Crippen LogP contribution in [-0.4, -0.2) is 30.6 Å². The largest absolute Gasteiger partial charge is 0.468 e. The second-order valence-electron chi connectivity index (χ2n) is 4.53. The normalized spacial score (nSPS) is 10.6. The number of ether oxygens (including phenoxy) is 1. The number of methoxy groups -OCH3 is 1. The quantitative estimate of drug-likeness (QED) is 0.764. The fraction of sp³-hybridized carbons (Fsp3) is 0.429. The molecule has 5 heteroatoms. The number of benzene rings is 1. The van der Waals surface area contributed by atoms with Crippen LogP contribution >= 0.6 is 0 Å². The zero-order valence-corrected chi connectivity index (χ0v) is 11.3. The minimum Gasteiger partial charge on any atom is -0.468 e. The smallest absolute Gasteiger partial charge is 0.319 e. The van der Waals surface area contributed by atoms with Crippen LogP contribution in [0.2, 0.25) is 0 Å². The molecule has 0 saturated heterocycles. The van der Waals surface area contributed by atoms with E-state index in [4.69, 9.17) is 5.26 Å². The molecule has 0 N–H and O–H groups in total. The van der Waals surface area contributed by atoms with E-state index in [1.54, 1.807) is 6.07 Å². The maximum absolute atomic E-state index is 13.3. The molecule has 1 rings (SSSR count). The van der Waals surface area contributed by atoms with Crippen molar-refractivity contribution in [3.63, 3.8) is 0 Å². The first-order valence-electron chi connectivity index (χ1n) is 5.96. The summed E-state index contributed by atoms with van der Waals surface area (Å²) in [7, 11) is 1.33. The van der Waals surface area contributed by atoms with E-state index in [9.17, 15) is 9.18 Å². The molecule has 1 aromatic carbocycles. The Bertz CT molecular complexity index is 495. The lowest BCUT2D eigenvalue weighted by atomic mass is 10.1. The lowest BCUT2D eigenvalue weighted by Crippen LogP contribution is -2.35. The number of nitrogens with zero attached hydrogens (tertiary/aromatic N) is 2. The minimum atomic E-state index is -0.448. The van der Waals surface area contributed by atoms with Crippen molar-refractivity contribution >= 4 is 5.97 Å². The van der Waals surface area contributed by atoms with Gasteiger partial charge >= 0.3 is 5.97 Å². The van der Waals surface area contributed by atoms with Gasteiger partial charge in [0.2, 0.25) is 0 Å². The Kier molecular flexibility index (Phi) is 5.46. The van der Waals surface area contributed by atoms with Crippen LogP contribution in [0, 0.1) is 17.1 Å². The van der Waals surface area contributed by atoms with Gasteiger partial charge in [0.1, 0.15) is 5.82 Å². The average molecular weight is 264 g/mol. The first-order chi connectivity index (χ1) is 8.96. The van der Waals surface area contributed by atoms with Gasteiger partial charge in [-0.25, -0.2) is 4.39 Å². The highest BCUT2D eigenvalue weighted by atomic mass is 19.1. The number of esters is 1. The molecule has 0 atom stereocenters. The number of carbonyl (C=O) groups is 1. The molecule has 0 saturated carbocycles. The van der Waals surface area contributed by atoms with E-state index in [1.807, 2.05) is 24.8 Å². The van der Waals surface area contributed by atoms with Crippen molar-refractivity contribution in [3.8, 4) is 6.07 Å². The second kappa shape index (κ2) is 6.86. The Hall–Kier alpha value is -1.93. The molecule has 0 aliphatic rings. The van der Waals surface area contributed by atoms with E-state index in [1.165, 1.54) is 19.2 Å². The van der Waals surface area contributed by atoms with Crippen molar-refractivity contribution in [1.82, 2.24) is 4.90 Å². The van der Waals surface area contributed by atoms with Gasteiger partial charge in [0.05, 0.1) is 25.3 Å². The zero-order chi connectivity index (χ0) is 14.4. The summed E-state index contributed by atoms with van der Waals surface area (Å²) in [4.78, 5) is 13.2. The van der Waals surface area contributed by atoms with Crippen molar-refractivity contribution < 1.29 is 13.9 Å². The standard InChI is InChI=1S/C14H17FN2O2/c1-10(2)17(9-14(18)19-3)8-12-4-11(7-16)5-13(15)6-12/h4-6,10H,8-9H2,1-3H3. The van der Waals surface area contributed by atoms with Crippen LogP contribution in [0.25, 0.3) is 0 Å². The Morgan fingerprint density at radius 1 is 1.47 bits per heavy atom. The Labute approximate surface area is 112 Å². The molecule has 0 unspecified atom stereocenters. The summed E-state index contributed by atoms with van der Waals surface area (Å²) < 4.78 is 18.0. The van der Waals surface area contributed by atoms with Gasteiger partial charge in [-0.3, -0.25) is 9.69 Å². The molecule has 0 heterocycles. The van der Waals surface area contributed by atoms with Crippen molar-refractivity contribution in [2.24, 2.45) is 0 Å². The fourth-order valence-corrected chi connectivity index (χ4v) is 1.69. The van der Waals surface area contributed by atoms with Gasteiger partial charge in [-0.1, -0.05) is 0 Å². The summed E-state index contributed by atoms with van der Waals surface area (Å²) >= 11 is 0. The Morgan fingerprint density at radius 2 is 2.16 bits per heavy atom. The molecule has 0 radical (unpaired) electrons. The molecule has 0 fully saturated rings. The van der Waals surface area contributed by atoms with Gasteiger partial charge in [0.15, 0.2) is 0 Å². The van der Waals surface area contributed by atoms with Gasteiger partial charge in [-0.15, -0.1) is 0 Å². The summed E-state index contributed by atoms with van der Waals surface area (Å²) in [6.07, 6.45) is 0. The van der Waals surface area contributed by atoms with Crippen LogP contribution in [-0.2, 0) is 16.1 Å². The predicted molar refractivity (Wildman–Crippen MR) is 68.7 cm³/mol. The predicted octanol–water partition coefficient (Wildman–Crippen LogP) is 2.08. The zero-order valence-electron chi connectivity index (χ0n) is 11.3.